The van der Waals surface area contributed by atoms with Crippen LogP contribution in [0.1, 0.15) is 30.7 Å². The molecule has 0 aliphatic carbocycles. The highest BCUT2D eigenvalue weighted by Crippen LogP contribution is 2.28. The highest BCUT2D eigenvalue weighted by Gasteiger charge is 2.26. The topological polar surface area (TPSA) is 102 Å². The first-order valence-electron chi connectivity index (χ1n) is 11.5. The van der Waals surface area contributed by atoms with E-state index < -0.39 is 20.0 Å². The molecule has 0 spiro atoms. The Labute approximate surface area is 218 Å². The third kappa shape index (κ3) is 6.86. The summed E-state index contributed by atoms with van der Waals surface area (Å²) in [6, 6.07) is 14.4. The summed E-state index contributed by atoms with van der Waals surface area (Å²) in [7, 11) is -4.52. The first kappa shape index (κ1) is 28.1. The van der Waals surface area contributed by atoms with Crippen LogP contribution in [0, 0.1) is 0 Å². The average molecular weight is 553 g/mol. The molecule has 0 fully saturated rings. The molecule has 0 saturated heterocycles. The van der Waals surface area contributed by atoms with Crippen molar-refractivity contribution in [1.82, 2.24) is 9.03 Å². The van der Waals surface area contributed by atoms with Crippen LogP contribution >= 0.6 is 11.3 Å². The number of benzene rings is 2. The summed E-state index contributed by atoms with van der Waals surface area (Å²) >= 11 is 1.48. The molecule has 1 N–H and O–H groups in total. The minimum Gasteiger partial charge on any atom is -0.493 e. The highest BCUT2D eigenvalue weighted by atomic mass is 32.2. The monoisotopic (exact) mass is 552 g/mol. The van der Waals surface area contributed by atoms with Crippen LogP contribution in [0.25, 0.3) is 0 Å². The van der Waals surface area contributed by atoms with Gasteiger partial charge in [-0.05, 0) is 73.2 Å². The van der Waals surface area contributed by atoms with Crippen molar-refractivity contribution in [2.24, 2.45) is 0 Å². The molecule has 3 rings (SSSR count). The summed E-state index contributed by atoms with van der Waals surface area (Å²) < 4.78 is 67.0. The zero-order valence-electron chi connectivity index (χ0n) is 20.8. The first-order valence-corrected chi connectivity index (χ1v) is 15.3. The molecule has 11 heteroatoms. The van der Waals surface area contributed by atoms with Crippen molar-refractivity contribution in [3.05, 3.63) is 70.4 Å². The maximum atomic E-state index is 13.6. The molecule has 8 nitrogen and oxygen atoms in total. The highest BCUT2D eigenvalue weighted by molar-refractivity contribution is 7.89. The molecule has 0 radical (unpaired) electrons. The fourth-order valence-electron chi connectivity index (χ4n) is 3.51. The van der Waals surface area contributed by atoms with E-state index in [-0.39, 0.29) is 28.9 Å². The molecular weight excluding hydrogens is 520 g/mol. The maximum absolute atomic E-state index is 13.6. The lowest BCUT2D eigenvalue weighted by atomic mass is 10.1. The van der Waals surface area contributed by atoms with Crippen molar-refractivity contribution in [3.63, 3.8) is 0 Å². The number of nitrogens with zero attached hydrogens (tertiary/aromatic N) is 1. The molecule has 1 aromatic heterocycles. The fraction of sp³-hybridized carbons (Fsp3) is 0.360. The van der Waals surface area contributed by atoms with E-state index in [0.29, 0.717) is 24.3 Å². The van der Waals surface area contributed by atoms with Crippen molar-refractivity contribution < 1.29 is 26.3 Å². The fourth-order valence-corrected chi connectivity index (χ4v) is 7.05. The lowest BCUT2D eigenvalue weighted by Gasteiger charge is -2.22. The third-order valence-corrected chi connectivity index (χ3v) is 10.1. The van der Waals surface area contributed by atoms with Gasteiger partial charge in [0.25, 0.3) is 0 Å². The quantitative estimate of drug-likeness (QED) is 0.340. The number of hydrogen-bond acceptors (Lipinski definition) is 7. The van der Waals surface area contributed by atoms with Crippen LogP contribution in [0.15, 0.2) is 69.8 Å². The van der Waals surface area contributed by atoms with Crippen molar-refractivity contribution >= 4 is 31.4 Å². The zero-order chi connectivity index (χ0) is 26.3. The minimum absolute atomic E-state index is 0.0249. The largest absolute Gasteiger partial charge is 0.493 e. The number of nitrogens with one attached hydrogen (secondary N) is 1. The van der Waals surface area contributed by atoms with E-state index >= 15 is 0 Å². The number of ether oxygens (including phenoxy) is 2. The number of hydrogen-bond donors (Lipinski definition) is 1. The van der Waals surface area contributed by atoms with E-state index in [4.69, 9.17) is 9.47 Å². The van der Waals surface area contributed by atoms with Gasteiger partial charge in [0.2, 0.25) is 20.0 Å². The number of sulfonamides is 2. The molecule has 3 aromatic rings. The van der Waals surface area contributed by atoms with E-state index in [2.05, 4.69) is 4.72 Å². The summed E-state index contributed by atoms with van der Waals surface area (Å²) in [6.07, 6.45) is 1.10. The number of thiophene rings is 1. The molecule has 0 aliphatic heterocycles. The van der Waals surface area contributed by atoms with Crippen molar-refractivity contribution in [3.8, 4) is 11.5 Å². The lowest BCUT2D eigenvalue weighted by molar-refractivity contribution is 0.354. The first-order chi connectivity index (χ1) is 17.1. The normalized spacial score (nSPS) is 13.0. The van der Waals surface area contributed by atoms with Crippen molar-refractivity contribution in [2.45, 2.75) is 49.1 Å². The third-order valence-electron chi connectivity index (χ3n) is 5.75. The van der Waals surface area contributed by atoms with Gasteiger partial charge in [0.1, 0.15) is 0 Å². The van der Waals surface area contributed by atoms with Gasteiger partial charge in [0, 0.05) is 24.0 Å². The Morgan fingerprint density at radius 1 is 0.944 bits per heavy atom. The second-order valence-electron chi connectivity index (χ2n) is 8.26. The molecule has 0 bridgehead atoms. The van der Waals surface area contributed by atoms with Crippen LogP contribution < -0.4 is 14.2 Å². The average Bonchev–Trinajstić information content (AvgIpc) is 3.39. The van der Waals surface area contributed by atoms with Crippen molar-refractivity contribution in [2.75, 3.05) is 20.8 Å². The molecule has 0 unspecified atom stereocenters. The number of methoxy groups -OCH3 is 2. The van der Waals surface area contributed by atoms with Gasteiger partial charge in [-0.2, -0.15) is 4.31 Å². The van der Waals surface area contributed by atoms with Crippen LogP contribution in [0.3, 0.4) is 0 Å². The second kappa shape index (κ2) is 12.2. The van der Waals surface area contributed by atoms with Crippen LogP contribution in [-0.2, 0) is 33.0 Å². The Balaban J connectivity index is 1.86. The Morgan fingerprint density at radius 3 is 2.19 bits per heavy atom. The summed E-state index contributed by atoms with van der Waals surface area (Å²) in [5.41, 5.74) is 0.900. The van der Waals surface area contributed by atoms with Crippen LogP contribution in [0.5, 0.6) is 11.5 Å². The number of rotatable bonds is 13. The molecular formula is C25H32N2O6S3. The Bertz CT molecular complexity index is 1340. The van der Waals surface area contributed by atoms with Crippen LogP contribution in [0.2, 0.25) is 0 Å². The molecule has 1 atom stereocenters. The van der Waals surface area contributed by atoms with Gasteiger partial charge >= 0.3 is 0 Å². The maximum Gasteiger partial charge on any atom is 0.243 e. The SMILES string of the molecule is CC[C@@H](C)NS(=O)(=O)c1ccc(S(=O)(=O)N(CCc2ccc(OC)c(OC)c2)Cc2cccs2)cc1. The second-order valence-corrected chi connectivity index (χ2v) is 12.9. The Morgan fingerprint density at radius 2 is 1.61 bits per heavy atom. The predicted octanol–water partition coefficient (Wildman–Crippen LogP) is 4.28. The summed E-state index contributed by atoms with van der Waals surface area (Å²) in [5.74, 6) is 1.17. The summed E-state index contributed by atoms with van der Waals surface area (Å²) in [4.78, 5) is 0.966. The van der Waals surface area contributed by atoms with Gasteiger partial charge in [-0.3, -0.25) is 0 Å². The standard InChI is InChI=1S/C25H32N2O6S3/c1-5-19(2)26-35(28,29)22-9-11-23(12-10-22)36(30,31)27(18-21-7-6-16-34-21)15-14-20-8-13-24(32-3)25(17-20)33-4/h6-13,16-17,19,26H,5,14-15,18H2,1-4H3/t19-/m1/s1. The minimum atomic E-state index is -3.90. The molecule has 0 amide bonds. The predicted molar refractivity (Wildman–Crippen MR) is 142 cm³/mol. The van der Waals surface area contributed by atoms with Gasteiger partial charge in [-0.1, -0.05) is 19.1 Å². The summed E-state index contributed by atoms with van der Waals surface area (Å²) in [5, 5.41) is 1.90. The van der Waals surface area contributed by atoms with Crippen LogP contribution in [0.4, 0.5) is 0 Å². The Hall–Kier alpha value is -2.44. The molecule has 2 aromatic carbocycles. The van der Waals surface area contributed by atoms with E-state index in [0.717, 1.165) is 10.4 Å². The van der Waals surface area contributed by atoms with E-state index in [1.54, 1.807) is 27.2 Å². The smallest absolute Gasteiger partial charge is 0.243 e. The molecule has 1 heterocycles. The molecule has 0 saturated carbocycles. The zero-order valence-corrected chi connectivity index (χ0v) is 23.3. The van der Waals surface area contributed by atoms with E-state index in [1.807, 2.05) is 36.6 Å². The molecule has 36 heavy (non-hydrogen) atoms. The van der Waals surface area contributed by atoms with E-state index in [1.165, 1.54) is 39.9 Å². The lowest BCUT2D eigenvalue weighted by Crippen LogP contribution is -2.33. The Kier molecular flexibility index (Phi) is 9.53. The van der Waals surface area contributed by atoms with Gasteiger partial charge in [0.05, 0.1) is 24.0 Å². The van der Waals surface area contributed by atoms with Gasteiger partial charge in [0.15, 0.2) is 11.5 Å². The van der Waals surface area contributed by atoms with Gasteiger partial charge in [-0.25, -0.2) is 21.6 Å². The van der Waals surface area contributed by atoms with Gasteiger partial charge < -0.3 is 9.47 Å². The van der Waals surface area contributed by atoms with Gasteiger partial charge in [-0.15, -0.1) is 11.3 Å². The molecule has 0 aliphatic rings. The van der Waals surface area contributed by atoms with Crippen LogP contribution in [-0.4, -0.2) is 47.9 Å². The summed E-state index contributed by atoms with van der Waals surface area (Å²) in [6.45, 7) is 4.10. The van der Waals surface area contributed by atoms with E-state index in [9.17, 15) is 16.8 Å². The molecule has 196 valence electrons. The van der Waals surface area contributed by atoms with Crippen molar-refractivity contribution in [1.29, 1.82) is 0 Å².